The summed E-state index contributed by atoms with van der Waals surface area (Å²) in [4.78, 5) is 4.29. The highest BCUT2D eigenvalue weighted by Crippen LogP contribution is 2.21. The fraction of sp³-hybridized carbons (Fsp3) is 0.750. The van der Waals surface area contributed by atoms with E-state index in [4.69, 9.17) is 14.9 Å². The molecule has 4 heteroatoms. The molecule has 1 heterocycles. The lowest BCUT2D eigenvalue weighted by atomic mass is 9.94. The molecule has 0 unspecified atom stereocenters. The Balaban J connectivity index is 1.79. The number of hydrogen-bond acceptors (Lipinski definition) is 4. The molecule has 90 valence electrons. The van der Waals surface area contributed by atoms with Gasteiger partial charge in [0, 0.05) is 6.04 Å². The highest BCUT2D eigenvalue weighted by Gasteiger charge is 2.19. The van der Waals surface area contributed by atoms with Gasteiger partial charge in [0.05, 0.1) is 11.8 Å². The monoisotopic (exact) mass is 224 g/mol. The first-order valence-electron chi connectivity index (χ1n) is 5.95. The lowest BCUT2D eigenvalue weighted by Gasteiger charge is -2.25. The minimum Gasteiger partial charge on any atom is -0.443 e. The van der Waals surface area contributed by atoms with E-state index >= 15 is 0 Å². The largest absolute Gasteiger partial charge is 0.443 e. The number of nitrogens with zero attached hydrogens (tertiary/aromatic N) is 1. The van der Waals surface area contributed by atoms with E-state index < -0.39 is 0 Å². The van der Waals surface area contributed by atoms with Crippen LogP contribution in [0.25, 0.3) is 0 Å². The molecule has 0 atom stereocenters. The van der Waals surface area contributed by atoms with E-state index in [1.807, 2.05) is 13.8 Å². The summed E-state index contributed by atoms with van der Waals surface area (Å²) in [7, 11) is 0. The standard InChI is InChI=1S/C12H20N2O2/c1-8-9(2)16-12(14-8)7-15-11-5-3-10(13)4-6-11/h10-11H,3-7,13H2,1-2H3. The molecule has 1 fully saturated rings. The van der Waals surface area contributed by atoms with Crippen LogP contribution in [0.3, 0.4) is 0 Å². The van der Waals surface area contributed by atoms with Gasteiger partial charge in [-0.1, -0.05) is 0 Å². The van der Waals surface area contributed by atoms with Crippen molar-refractivity contribution in [3.8, 4) is 0 Å². The number of oxazole rings is 1. The van der Waals surface area contributed by atoms with Crippen LogP contribution in [-0.2, 0) is 11.3 Å². The van der Waals surface area contributed by atoms with E-state index in [1.165, 1.54) is 0 Å². The molecule has 1 saturated carbocycles. The van der Waals surface area contributed by atoms with Crippen LogP contribution in [0, 0.1) is 13.8 Å². The van der Waals surface area contributed by atoms with Gasteiger partial charge < -0.3 is 14.9 Å². The van der Waals surface area contributed by atoms with Gasteiger partial charge >= 0.3 is 0 Å². The molecule has 4 nitrogen and oxygen atoms in total. The Morgan fingerprint density at radius 2 is 2.00 bits per heavy atom. The summed E-state index contributed by atoms with van der Waals surface area (Å²) in [6.07, 6.45) is 4.56. The van der Waals surface area contributed by atoms with E-state index in [1.54, 1.807) is 0 Å². The molecule has 1 aliphatic rings. The molecule has 1 aromatic heterocycles. The normalized spacial score (nSPS) is 25.9. The van der Waals surface area contributed by atoms with Crippen molar-refractivity contribution in [1.29, 1.82) is 0 Å². The van der Waals surface area contributed by atoms with Gasteiger partial charge in [-0.2, -0.15) is 0 Å². The Bertz CT molecular complexity index is 321. The van der Waals surface area contributed by atoms with Gasteiger partial charge in [0.25, 0.3) is 0 Å². The fourth-order valence-electron chi connectivity index (χ4n) is 2.05. The topological polar surface area (TPSA) is 61.3 Å². The molecule has 0 spiro atoms. The van der Waals surface area contributed by atoms with Crippen LogP contribution in [-0.4, -0.2) is 17.1 Å². The Hall–Kier alpha value is -0.870. The van der Waals surface area contributed by atoms with Gasteiger partial charge in [0.15, 0.2) is 0 Å². The molecule has 0 amide bonds. The molecule has 2 rings (SSSR count). The third-order valence-electron chi connectivity index (χ3n) is 3.23. The number of hydrogen-bond donors (Lipinski definition) is 1. The third-order valence-corrected chi connectivity index (χ3v) is 3.23. The first kappa shape index (κ1) is 11.6. The first-order valence-corrected chi connectivity index (χ1v) is 5.95. The summed E-state index contributed by atoms with van der Waals surface area (Å²) in [5.74, 6) is 1.56. The second-order valence-electron chi connectivity index (χ2n) is 4.60. The maximum absolute atomic E-state index is 5.84. The zero-order valence-electron chi connectivity index (χ0n) is 10.0. The highest BCUT2D eigenvalue weighted by molar-refractivity contribution is 5.04. The predicted octanol–water partition coefficient (Wildman–Crippen LogP) is 2.08. The summed E-state index contributed by atoms with van der Waals surface area (Å²) in [6.45, 7) is 4.35. The molecule has 0 saturated heterocycles. The highest BCUT2D eigenvalue weighted by atomic mass is 16.5. The maximum Gasteiger partial charge on any atom is 0.220 e. The van der Waals surface area contributed by atoms with Crippen molar-refractivity contribution >= 4 is 0 Å². The van der Waals surface area contributed by atoms with E-state index in [9.17, 15) is 0 Å². The molecule has 2 N–H and O–H groups in total. The number of ether oxygens (including phenoxy) is 1. The summed E-state index contributed by atoms with van der Waals surface area (Å²) >= 11 is 0. The van der Waals surface area contributed by atoms with E-state index in [0.29, 0.717) is 24.6 Å². The maximum atomic E-state index is 5.84. The number of aryl methyl sites for hydroxylation is 2. The average Bonchev–Trinajstić information content (AvgIpc) is 2.58. The van der Waals surface area contributed by atoms with Crippen molar-refractivity contribution in [2.45, 2.75) is 58.3 Å². The number of aromatic nitrogens is 1. The van der Waals surface area contributed by atoms with Gasteiger partial charge in [-0.05, 0) is 39.5 Å². The second-order valence-corrected chi connectivity index (χ2v) is 4.60. The second kappa shape index (κ2) is 4.97. The van der Waals surface area contributed by atoms with E-state index in [-0.39, 0.29) is 0 Å². The van der Waals surface area contributed by atoms with Crippen molar-refractivity contribution < 1.29 is 9.15 Å². The quantitative estimate of drug-likeness (QED) is 0.853. The zero-order valence-corrected chi connectivity index (χ0v) is 10.0. The van der Waals surface area contributed by atoms with Crippen molar-refractivity contribution in [3.63, 3.8) is 0 Å². The van der Waals surface area contributed by atoms with Gasteiger partial charge in [0.2, 0.25) is 5.89 Å². The van der Waals surface area contributed by atoms with Crippen molar-refractivity contribution in [2.75, 3.05) is 0 Å². The van der Waals surface area contributed by atoms with Crippen molar-refractivity contribution in [3.05, 3.63) is 17.3 Å². The molecule has 0 aromatic carbocycles. The summed E-state index contributed by atoms with van der Waals surface area (Å²) in [6, 6.07) is 0.367. The SMILES string of the molecule is Cc1nc(COC2CCC(N)CC2)oc1C. The molecule has 16 heavy (non-hydrogen) atoms. The minimum atomic E-state index is 0.326. The van der Waals surface area contributed by atoms with Crippen LogP contribution < -0.4 is 5.73 Å². The van der Waals surface area contributed by atoms with Crippen LogP contribution in [0.1, 0.15) is 43.0 Å². The fourth-order valence-corrected chi connectivity index (χ4v) is 2.05. The zero-order chi connectivity index (χ0) is 11.5. The minimum absolute atomic E-state index is 0.326. The van der Waals surface area contributed by atoms with Gasteiger partial charge in [-0.15, -0.1) is 0 Å². The molecule has 0 bridgehead atoms. The molecule has 1 aromatic rings. The van der Waals surface area contributed by atoms with Crippen LogP contribution >= 0.6 is 0 Å². The molecular formula is C12H20N2O2. The molecular weight excluding hydrogens is 204 g/mol. The summed E-state index contributed by atoms with van der Waals surface area (Å²) in [5.41, 5.74) is 6.79. The van der Waals surface area contributed by atoms with Crippen LogP contribution in [0.4, 0.5) is 0 Å². The van der Waals surface area contributed by atoms with E-state index in [0.717, 1.165) is 37.1 Å². The molecule has 0 radical (unpaired) electrons. The molecule has 1 aliphatic carbocycles. The Morgan fingerprint density at radius 3 is 2.56 bits per heavy atom. The van der Waals surface area contributed by atoms with Crippen molar-refractivity contribution in [1.82, 2.24) is 4.98 Å². The van der Waals surface area contributed by atoms with Crippen LogP contribution in [0.5, 0.6) is 0 Å². The summed E-state index contributed by atoms with van der Waals surface area (Å²) in [5, 5.41) is 0. The van der Waals surface area contributed by atoms with Crippen molar-refractivity contribution in [2.24, 2.45) is 5.73 Å². The third kappa shape index (κ3) is 2.83. The Kier molecular flexibility index (Phi) is 3.61. The number of rotatable bonds is 3. The summed E-state index contributed by atoms with van der Waals surface area (Å²) < 4.78 is 11.2. The first-order chi connectivity index (χ1) is 7.65. The van der Waals surface area contributed by atoms with Gasteiger partial charge in [-0.3, -0.25) is 0 Å². The average molecular weight is 224 g/mol. The number of nitrogens with two attached hydrogens (primary N) is 1. The van der Waals surface area contributed by atoms with Gasteiger partial charge in [0.1, 0.15) is 12.4 Å². The van der Waals surface area contributed by atoms with E-state index in [2.05, 4.69) is 4.98 Å². The van der Waals surface area contributed by atoms with Crippen LogP contribution in [0.2, 0.25) is 0 Å². The Labute approximate surface area is 96.2 Å². The Morgan fingerprint density at radius 1 is 1.31 bits per heavy atom. The molecule has 0 aliphatic heterocycles. The lowest BCUT2D eigenvalue weighted by Crippen LogP contribution is -2.30. The lowest BCUT2D eigenvalue weighted by molar-refractivity contribution is 0.00364. The van der Waals surface area contributed by atoms with Gasteiger partial charge in [-0.25, -0.2) is 4.98 Å². The predicted molar refractivity (Wildman–Crippen MR) is 61.0 cm³/mol. The smallest absolute Gasteiger partial charge is 0.220 e. The van der Waals surface area contributed by atoms with Crippen LogP contribution in [0.15, 0.2) is 4.42 Å².